The van der Waals surface area contributed by atoms with Crippen molar-refractivity contribution in [2.45, 2.75) is 58.8 Å². The summed E-state index contributed by atoms with van der Waals surface area (Å²) >= 11 is 55.1. The van der Waals surface area contributed by atoms with E-state index in [1.165, 1.54) is 18.6 Å². The molecule has 0 radical (unpaired) electrons. The third-order valence-corrected chi connectivity index (χ3v) is 23.5. The number of carbonyl (C=O) groups is 3. The highest BCUT2D eigenvalue weighted by Gasteiger charge is 2.25. The number of halogens is 9. The summed E-state index contributed by atoms with van der Waals surface area (Å²) < 4.78 is 0. The van der Waals surface area contributed by atoms with Crippen LogP contribution in [0.15, 0.2) is 244 Å². The van der Waals surface area contributed by atoms with Crippen molar-refractivity contribution >= 4 is 172 Å². The molecule has 0 bridgehead atoms. The predicted octanol–water partition coefficient (Wildman–Crippen LogP) is 18.2. The van der Waals surface area contributed by atoms with E-state index in [4.69, 9.17) is 145 Å². The number of hydrogen-bond donors (Lipinski definition) is 14. The zero-order chi connectivity index (χ0) is 89.7. The Kier molecular flexibility index (Phi) is 30.0. The van der Waals surface area contributed by atoms with E-state index in [9.17, 15) is 33.6 Å². The van der Waals surface area contributed by atoms with Crippen LogP contribution < -0.4 is 78.2 Å². The van der Waals surface area contributed by atoms with Crippen LogP contribution >= 0.6 is 104 Å². The quantitative estimate of drug-likeness (QED) is 0.0510. The maximum absolute atomic E-state index is 11.9. The summed E-state index contributed by atoms with van der Waals surface area (Å²) in [4.78, 5) is 98.3. The number of H-pyrrole nitrogens is 4. The maximum atomic E-state index is 11.9. The normalized spacial score (nSPS) is 11.8. The van der Waals surface area contributed by atoms with Crippen LogP contribution in [0.5, 0.6) is 0 Å². The minimum Gasteiger partial charge on any atom is -0.366 e. The number of fused-ring (bicyclic) bond motifs is 6. The Hall–Kier alpha value is -12.2. The lowest BCUT2D eigenvalue weighted by molar-refractivity contribution is -0.121. The molecule has 12 aromatic carbocycles. The van der Waals surface area contributed by atoms with E-state index < -0.39 is 17.2 Å². The second-order valence-corrected chi connectivity index (χ2v) is 32.1. The van der Waals surface area contributed by atoms with Gasteiger partial charge in [0.1, 0.15) is 6.33 Å². The average Bonchev–Trinajstić information content (AvgIpc) is 0.849. The highest BCUT2D eigenvalue weighted by Crippen LogP contribution is 2.42. The number of primary amides is 1. The SMILES string of the molecule is NCc1c(-c2ccc(Cl)cc2Cl)ccc2c(=O)[nH]c(=O)[nH]c12.NCc1c(-c2ccc(Cl)cc2Cl)ccc2c(=O)cn[nH]c12.NCc1c(-c2ccc(Cl)cc2Cl)ccc2c1CC(=O)NC2.NCc1c(-c2ccc(Cl)cc2Cl)ccc2c1NC(=O)NC2.NCc1c(-c2ccccc2C(N)=O)ccc2c(=O)cc[nH]c12.NCc1c(-c2ccccc2Cl)ccc2ncncc12. The fraction of sp³-hybridized carbons (Fsp3) is 0.0968. The number of benzene rings is 12. The molecular formula is C93H76Cl9N17O7. The number of nitrogens with one attached hydrogen (secondary N) is 7. The first-order chi connectivity index (χ1) is 60.8. The van der Waals surface area contributed by atoms with Crippen LogP contribution in [0.2, 0.25) is 45.2 Å². The Morgan fingerprint density at radius 1 is 0.389 bits per heavy atom. The number of urea groups is 1. The van der Waals surface area contributed by atoms with Crippen LogP contribution in [0.4, 0.5) is 10.5 Å². The molecule has 24 nitrogen and oxygen atoms in total. The van der Waals surface area contributed by atoms with E-state index in [0.717, 1.165) is 122 Å². The van der Waals surface area contributed by atoms with Crippen molar-refractivity contribution in [3.05, 3.63) is 367 Å². The fourth-order valence-corrected chi connectivity index (χ4v) is 17.3. The van der Waals surface area contributed by atoms with Crippen LogP contribution in [0.3, 0.4) is 0 Å². The molecule has 0 saturated carbocycles. The first-order valence-corrected chi connectivity index (χ1v) is 42.1. The first kappa shape index (κ1) is 91.5. The number of nitrogens with zero attached hydrogens (tertiary/aromatic N) is 3. The summed E-state index contributed by atoms with van der Waals surface area (Å²) in [5, 5.41) is 22.7. The van der Waals surface area contributed by atoms with Crippen molar-refractivity contribution in [1.82, 2.24) is 45.8 Å². The van der Waals surface area contributed by atoms with Gasteiger partial charge in [0, 0.05) is 166 Å². The summed E-state index contributed by atoms with van der Waals surface area (Å²) in [6.45, 7) is 2.77. The Labute approximate surface area is 764 Å². The lowest BCUT2D eigenvalue weighted by Crippen LogP contribution is -2.34. The maximum Gasteiger partial charge on any atom is 0.326 e. The Morgan fingerprint density at radius 2 is 0.841 bits per heavy atom. The lowest BCUT2D eigenvalue weighted by atomic mass is 9.88. The Morgan fingerprint density at radius 3 is 1.40 bits per heavy atom. The highest BCUT2D eigenvalue weighted by atomic mass is 35.5. The van der Waals surface area contributed by atoms with Crippen LogP contribution in [0.1, 0.15) is 60.4 Å². The summed E-state index contributed by atoms with van der Waals surface area (Å²) in [6.07, 6.45) is 6.54. The van der Waals surface area contributed by atoms with Gasteiger partial charge in [-0.1, -0.05) is 214 Å². The largest absolute Gasteiger partial charge is 0.366 e. The lowest BCUT2D eigenvalue weighted by Gasteiger charge is -2.23. The van der Waals surface area contributed by atoms with Gasteiger partial charge in [0.2, 0.25) is 17.2 Å². The summed E-state index contributed by atoms with van der Waals surface area (Å²) in [5.41, 5.74) is 61.8. The van der Waals surface area contributed by atoms with Gasteiger partial charge in [-0.3, -0.25) is 34.1 Å². The molecule has 16 aromatic rings. The van der Waals surface area contributed by atoms with Crippen LogP contribution in [-0.4, -0.2) is 53.0 Å². The molecule has 4 aromatic heterocycles. The van der Waals surface area contributed by atoms with Crippen molar-refractivity contribution in [1.29, 1.82) is 0 Å². The standard InChI is InChI=1S/C17H15N3O2.C16H14Cl2N2O.C15H11Cl2N3O2.C15H13Cl2N3O.C15H11Cl2N3O.C15H12ClN3/c18-9-14-11(10-3-1-2-4-12(10)17(19)22)5-6-13-15(21)7-8-20-16(13)14;17-10-2-4-12(15(18)5-10)11-3-1-9-8-20-16(21)6-13(9)14(11)7-19;16-7-1-2-9(12(17)5-7)8-3-4-10-13(11(8)6-18)19-15(22)20-14(10)21;16-9-2-4-11(13(17)5-9)10-3-1-8-7-19-15(21)20-14(8)12(10)6-18;16-8-1-2-10(13(17)5-8)9-3-4-11-14(21)7-19-20-15(11)12(9)6-18;16-14-4-2-1-3-11(14)10-5-6-15-13(12(10)7-17)8-18-9-19-15/h1-8H,9,18H2,(H2,19,22)(H,20,21);1-5H,6-8,19H2,(H,20,21);1-5H,6,18H2,(H2,19,20,21,22);1-5H,6-7,18H2,(H2,19,20,21);1-5,7H,6,18H2,(H,20,21);1-6,8-9H,7,17H2. The number of pyridine rings is 1. The molecular weight excluding hydrogens is 1790 g/mol. The van der Waals surface area contributed by atoms with E-state index in [2.05, 4.69) is 51.1 Å². The van der Waals surface area contributed by atoms with Gasteiger partial charge < -0.3 is 66.1 Å². The zero-order valence-electron chi connectivity index (χ0n) is 66.4. The topological polar surface area (TPSA) is 440 Å². The third kappa shape index (κ3) is 20.2. The molecule has 2 aliphatic heterocycles. The molecule has 0 aliphatic carbocycles. The molecule has 6 heterocycles. The molecule has 33 heteroatoms. The van der Waals surface area contributed by atoms with Crippen LogP contribution in [-0.2, 0) is 63.6 Å². The van der Waals surface area contributed by atoms with Crippen molar-refractivity contribution in [3.8, 4) is 66.8 Å². The number of nitrogens with two attached hydrogens (primary N) is 7. The van der Waals surface area contributed by atoms with Crippen LogP contribution in [0, 0.1) is 0 Å². The van der Waals surface area contributed by atoms with Gasteiger partial charge >= 0.3 is 11.7 Å². The van der Waals surface area contributed by atoms with Crippen molar-refractivity contribution < 1.29 is 14.4 Å². The number of rotatable bonds is 13. The monoisotopic (exact) mass is 1860 g/mol. The molecule has 0 unspecified atom stereocenters. The number of carbonyl (C=O) groups excluding carboxylic acids is 3. The molecule has 18 rings (SSSR count). The number of aromatic nitrogens is 7. The van der Waals surface area contributed by atoms with E-state index in [1.807, 2.05) is 103 Å². The molecule has 21 N–H and O–H groups in total. The number of aromatic amines is 4. The van der Waals surface area contributed by atoms with E-state index in [-0.39, 0.29) is 42.4 Å². The molecule has 638 valence electrons. The summed E-state index contributed by atoms with van der Waals surface area (Å²) in [7, 11) is 0. The Balaban J connectivity index is 0.000000130. The highest BCUT2D eigenvalue weighted by molar-refractivity contribution is 6.39. The van der Waals surface area contributed by atoms with Gasteiger partial charge in [0.15, 0.2) is 5.43 Å². The van der Waals surface area contributed by atoms with E-state index in [1.54, 1.807) is 103 Å². The molecule has 0 saturated heterocycles. The van der Waals surface area contributed by atoms with Gasteiger partial charge in [-0.25, -0.2) is 19.6 Å². The predicted molar refractivity (Wildman–Crippen MR) is 510 cm³/mol. The van der Waals surface area contributed by atoms with E-state index in [0.29, 0.717) is 134 Å². The number of hydrogen-bond acceptors (Lipinski definition) is 16. The van der Waals surface area contributed by atoms with Gasteiger partial charge in [-0.2, -0.15) is 5.10 Å². The fourth-order valence-electron chi connectivity index (χ4n) is 15.1. The molecule has 0 spiro atoms. The van der Waals surface area contributed by atoms with Crippen molar-refractivity contribution in [2.24, 2.45) is 40.1 Å². The molecule has 4 amide bonds. The summed E-state index contributed by atoms with van der Waals surface area (Å²) in [5.74, 6) is -0.475. The zero-order valence-corrected chi connectivity index (χ0v) is 73.2. The Bertz CT molecular complexity index is 7070. The second-order valence-electron chi connectivity index (χ2n) is 28.3. The summed E-state index contributed by atoms with van der Waals surface area (Å²) in [6, 6.07) is 59.7. The van der Waals surface area contributed by atoms with Crippen LogP contribution in [0.25, 0.3) is 110 Å². The van der Waals surface area contributed by atoms with Gasteiger partial charge in [0.05, 0.1) is 45.8 Å². The van der Waals surface area contributed by atoms with Crippen molar-refractivity contribution in [3.63, 3.8) is 0 Å². The first-order valence-electron chi connectivity index (χ1n) is 38.6. The molecule has 0 fully saturated rings. The smallest absolute Gasteiger partial charge is 0.326 e. The number of amides is 4. The van der Waals surface area contributed by atoms with Crippen molar-refractivity contribution in [2.75, 3.05) is 5.32 Å². The molecule has 2 aliphatic rings. The third-order valence-electron chi connectivity index (χ3n) is 21.0. The minimum atomic E-state index is -0.577. The minimum absolute atomic E-state index is 0.0246. The van der Waals surface area contributed by atoms with E-state index >= 15 is 0 Å². The molecule has 0 atom stereocenters. The second kappa shape index (κ2) is 41.3. The van der Waals surface area contributed by atoms with Gasteiger partial charge in [-0.15, -0.1) is 0 Å². The van der Waals surface area contributed by atoms with Gasteiger partial charge in [-0.05, 0) is 174 Å². The number of anilines is 1. The molecule has 126 heavy (non-hydrogen) atoms. The average molecular weight is 1860 g/mol. The van der Waals surface area contributed by atoms with Gasteiger partial charge in [0.25, 0.3) is 5.56 Å².